The van der Waals surface area contributed by atoms with Gasteiger partial charge in [-0.3, -0.25) is 25.2 Å². The lowest BCUT2D eigenvalue weighted by atomic mass is 9.93. The summed E-state index contributed by atoms with van der Waals surface area (Å²) in [7, 11) is 0. The van der Waals surface area contributed by atoms with Crippen LogP contribution in [0.1, 0.15) is 29.8 Å². The summed E-state index contributed by atoms with van der Waals surface area (Å²) in [4.78, 5) is 35.4. The number of benzene rings is 2. The zero-order valence-corrected chi connectivity index (χ0v) is 15.4. The van der Waals surface area contributed by atoms with Crippen molar-refractivity contribution in [2.45, 2.75) is 20.0 Å². The van der Waals surface area contributed by atoms with Crippen molar-refractivity contribution in [1.82, 2.24) is 10.9 Å². The SMILES string of the molecule is CC(C)(C(=O)O)C(=O)NNC(=O)c1ccccc1Nc1ccc(C(F)(F)F)cc1. The monoisotopic (exact) mass is 409 g/mol. The molecule has 0 heterocycles. The Labute approximate surface area is 163 Å². The number of halogens is 3. The lowest BCUT2D eigenvalue weighted by Gasteiger charge is -2.19. The van der Waals surface area contributed by atoms with Gasteiger partial charge in [0.25, 0.3) is 11.8 Å². The van der Waals surface area contributed by atoms with Gasteiger partial charge in [0.1, 0.15) is 5.41 Å². The van der Waals surface area contributed by atoms with Crippen molar-refractivity contribution >= 4 is 29.2 Å². The van der Waals surface area contributed by atoms with Gasteiger partial charge in [-0.25, -0.2) is 0 Å². The predicted octanol–water partition coefficient (Wildman–Crippen LogP) is 3.32. The van der Waals surface area contributed by atoms with E-state index in [1.807, 2.05) is 5.43 Å². The summed E-state index contributed by atoms with van der Waals surface area (Å²) < 4.78 is 38.0. The van der Waals surface area contributed by atoms with Crippen molar-refractivity contribution in [1.29, 1.82) is 0 Å². The minimum Gasteiger partial charge on any atom is -0.480 e. The zero-order valence-electron chi connectivity index (χ0n) is 15.4. The molecule has 0 fully saturated rings. The highest BCUT2D eigenvalue weighted by atomic mass is 19.4. The van der Waals surface area contributed by atoms with E-state index in [0.29, 0.717) is 5.69 Å². The van der Waals surface area contributed by atoms with Gasteiger partial charge >= 0.3 is 12.1 Å². The van der Waals surface area contributed by atoms with Gasteiger partial charge < -0.3 is 10.4 Å². The largest absolute Gasteiger partial charge is 0.480 e. The Morgan fingerprint density at radius 1 is 0.897 bits per heavy atom. The van der Waals surface area contributed by atoms with Crippen LogP contribution in [0, 0.1) is 5.41 Å². The number of para-hydroxylation sites is 1. The maximum absolute atomic E-state index is 12.7. The summed E-state index contributed by atoms with van der Waals surface area (Å²) in [6, 6.07) is 10.3. The van der Waals surface area contributed by atoms with Crippen molar-refractivity contribution in [3.05, 3.63) is 59.7 Å². The Kier molecular flexibility index (Phi) is 6.15. The van der Waals surface area contributed by atoms with Crippen LogP contribution in [0.15, 0.2) is 48.5 Å². The third kappa shape index (κ3) is 5.24. The van der Waals surface area contributed by atoms with E-state index in [-0.39, 0.29) is 11.3 Å². The summed E-state index contributed by atoms with van der Waals surface area (Å²) in [5.41, 5.74) is 2.28. The lowest BCUT2D eigenvalue weighted by Crippen LogP contribution is -2.50. The zero-order chi connectivity index (χ0) is 21.8. The molecule has 0 aliphatic heterocycles. The second-order valence-corrected chi connectivity index (χ2v) is 6.58. The number of rotatable bonds is 5. The summed E-state index contributed by atoms with van der Waals surface area (Å²) in [6.45, 7) is 2.36. The highest BCUT2D eigenvalue weighted by Crippen LogP contribution is 2.30. The molecule has 4 N–H and O–H groups in total. The third-order valence-corrected chi connectivity index (χ3v) is 4.05. The number of amides is 2. The molecule has 0 saturated carbocycles. The second kappa shape index (κ2) is 8.21. The topological polar surface area (TPSA) is 108 Å². The standard InChI is InChI=1S/C19H18F3N3O4/c1-18(2,17(28)29)16(27)25-24-15(26)13-5-3-4-6-14(13)23-12-9-7-11(8-10-12)19(20,21)22/h3-10,23H,1-2H3,(H,24,26)(H,25,27)(H,28,29). The van der Waals surface area contributed by atoms with Crippen LogP contribution >= 0.6 is 0 Å². The molecule has 0 bridgehead atoms. The average Bonchev–Trinajstić information content (AvgIpc) is 2.65. The van der Waals surface area contributed by atoms with Gasteiger partial charge in [-0.05, 0) is 50.2 Å². The number of carbonyl (C=O) groups is 3. The van der Waals surface area contributed by atoms with Crippen LogP contribution in [0.3, 0.4) is 0 Å². The van der Waals surface area contributed by atoms with E-state index in [0.717, 1.165) is 12.1 Å². The summed E-state index contributed by atoms with van der Waals surface area (Å²) >= 11 is 0. The summed E-state index contributed by atoms with van der Waals surface area (Å²) in [5, 5.41) is 11.9. The molecule has 154 valence electrons. The fraction of sp³-hybridized carbons (Fsp3) is 0.211. The van der Waals surface area contributed by atoms with Crippen molar-refractivity contribution in [3.8, 4) is 0 Å². The van der Waals surface area contributed by atoms with Crippen LogP contribution in [0.2, 0.25) is 0 Å². The van der Waals surface area contributed by atoms with E-state index in [1.165, 1.54) is 38.1 Å². The van der Waals surface area contributed by atoms with E-state index in [9.17, 15) is 27.6 Å². The van der Waals surface area contributed by atoms with Crippen LogP contribution in [0.25, 0.3) is 0 Å². The van der Waals surface area contributed by atoms with E-state index in [1.54, 1.807) is 12.1 Å². The van der Waals surface area contributed by atoms with Gasteiger partial charge in [0.2, 0.25) is 0 Å². The van der Waals surface area contributed by atoms with Crippen LogP contribution in [-0.2, 0) is 15.8 Å². The summed E-state index contributed by atoms with van der Waals surface area (Å²) in [5.74, 6) is -3.03. The highest BCUT2D eigenvalue weighted by Gasteiger charge is 2.36. The van der Waals surface area contributed by atoms with E-state index in [2.05, 4.69) is 10.7 Å². The molecule has 0 atom stereocenters. The van der Waals surface area contributed by atoms with Crippen LogP contribution in [0.5, 0.6) is 0 Å². The molecular weight excluding hydrogens is 391 g/mol. The van der Waals surface area contributed by atoms with Crippen molar-refractivity contribution in [2.75, 3.05) is 5.32 Å². The molecule has 0 radical (unpaired) electrons. The number of nitrogens with one attached hydrogen (secondary N) is 3. The van der Waals surface area contributed by atoms with Crippen molar-refractivity contribution in [3.63, 3.8) is 0 Å². The quantitative estimate of drug-likeness (QED) is 0.448. The molecule has 0 unspecified atom stereocenters. The van der Waals surface area contributed by atoms with Gasteiger partial charge in [-0.2, -0.15) is 13.2 Å². The van der Waals surface area contributed by atoms with Crippen LogP contribution < -0.4 is 16.2 Å². The molecule has 29 heavy (non-hydrogen) atoms. The van der Waals surface area contributed by atoms with Gasteiger partial charge in [-0.1, -0.05) is 12.1 Å². The first-order chi connectivity index (χ1) is 13.4. The number of hydrogen-bond donors (Lipinski definition) is 4. The smallest absolute Gasteiger partial charge is 0.416 e. The molecular formula is C19H18F3N3O4. The molecule has 2 aromatic carbocycles. The Hall–Kier alpha value is -3.56. The first-order valence-electron chi connectivity index (χ1n) is 8.30. The van der Waals surface area contributed by atoms with Crippen LogP contribution in [0.4, 0.5) is 24.5 Å². The maximum atomic E-state index is 12.7. The lowest BCUT2D eigenvalue weighted by molar-refractivity contribution is -0.153. The highest BCUT2D eigenvalue weighted by molar-refractivity contribution is 6.04. The van der Waals surface area contributed by atoms with Gasteiger partial charge in [0.05, 0.1) is 16.8 Å². The number of carboxylic acid groups (broad SMARTS) is 1. The Bertz CT molecular complexity index is 925. The average molecular weight is 409 g/mol. The molecule has 2 aromatic rings. The minimum absolute atomic E-state index is 0.0841. The normalized spacial score (nSPS) is 11.5. The second-order valence-electron chi connectivity index (χ2n) is 6.58. The van der Waals surface area contributed by atoms with Gasteiger partial charge in [0.15, 0.2) is 0 Å². The number of anilines is 2. The molecule has 7 nitrogen and oxygen atoms in total. The van der Waals surface area contributed by atoms with Crippen molar-refractivity contribution in [2.24, 2.45) is 5.41 Å². The molecule has 0 aliphatic carbocycles. The van der Waals surface area contributed by atoms with E-state index >= 15 is 0 Å². The fourth-order valence-corrected chi connectivity index (χ4v) is 2.12. The minimum atomic E-state index is -4.46. The molecule has 0 aliphatic rings. The molecule has 0 saturated heterocycles. The predicted molar refractivity (Wildman–Crippen MR) is 98.2 cm³/mol. The molecule has 10 heteroatoms. The molecule has 0 spiro atoms. The van der Waals surface area contributed by atoms with Crippen LogP contribution in [-0.4, -0.2) is 22.9 Å². The Balaban J connectivity index is 2.13. The van der Waals surface area contributed by atoms with E-state index < -0.39 is 34.9 Å². The molecule has 2 amide bonds. The Morgan fingerprint density at radius 3 is 2.03 bits per heavy atom. The van der Waals surface area contributed by atoms with E-state index in [4.69, 9.17) is 5.11 Å². The first-order valence-corrected chi connectivity index (χ1v) is 8.30. The fourth-order valence-electron chi connectivity index (χ4n) is 2.12. The summed E-state index contributed by atoms with van der Waals surface area (Å²) in [6.07, 6.45) is -4.46. The number of carboxylic acids is 1. The maximum Gasteiger partial charge on any atom is 0.416 e. The molecule has 2 rings (SSSR count). The number of aliphatic carboxylic acids is 1. The van der Waals surface area contributed by atoms with Gasteiger partial charge in [0, 0.05) is 5.69 Å². The van der Waals surface area contributed by atoms with Crippen molar-refractivity contribution < 1.29 is 32.7 Å². The molecule has 0 aromatic heterocycles. The number of hydrazine groups is 1. The number of hydrogen-bond acceptors (Lipinski definition) is 4. The Morgan fingerprint density at radius 2 is 1.48 bits per heavy atom. The van der Waals surface area contributed by atoms with Gasteiger partial charge in [-0.15, -0.1) is 0 Å². The first kappa shape index (κ1) is 21.7. The third-order valence-electron chi connectivity index (χ3n) is 4.05. The number of alkyl halides is 3. The number of carbonyl (C=O) groups excluding carboxylic acids is 2.